The van der Waals surface area contributed by atoms with E-state index in [0.29, 0.717) is 17.5 Å². The average molecular weight is 350 g/mol. The molecule has 8 nitrogen and oxygen atoms in total. The zero-order valence-electron chi connectivity index (χ0n) is 15.4. The molecule has 2 rings (SSSR count). The zero-order valence-corrected chi connectivity index (χ0v) is 15.4. The number of benzene rings is 1. The van der Waals surface area contributed by atoms with Crippen LogP contribution in [0.5, 0.6) is 5.75 Å². The molecule has 1 aliphatic rings. The molecular weight excluding hydrogens is 320 g/mol. The van der Waals surface area contributed by atoms with Crippen molar-refractivity contribution in [2.75, 3.05) is 39.6 Å². The molecule has 0 spiro atoms. The average Bonchev–Trinajstić information content (AvgIpc) is 2.54. The Hall–Kier alpha value is -1.87. The maximum absolute atomic E-state index is 12.2. The quantitative estimate of drug-likeness (QED) is 0.493. The van der Waals surface area contributed by atoms with Gasteiger partial charge in [-0.25, -0.2) is 4.79 Å². The van der Waals surface area contributed by atoms with Gasteiger partial charge in [-0.2, -0.15) is 0 Å². The third-order valence-corrected chi connectivity index (χ3v) is 3.96. The number of carbonyl (C=O) groups excluding carboxylic acids is 1. The molecule has 0 aliphatic carbocycles. The molecule has 0 radical (unpaired) electrons. The van der Waals surface area contributed by atoms with Gasteiger partial charge in [0.05, 0.1) is 13.3 Å². The Morgan fingerprint density at radius 1 is 1.36 bits per heavy atom. The number of hydrogen-bond donors (Lipinski definition) is 5. The molecule has 1 aliphatic heterocycles. The number of rotatable bonds is 7. The summed E-state index contributed by atoms with van der Waals surface area (Å²) in [7, 11) is 5.70. The van der Waals surface area contributed by atoms with Crippen LogP contribution in [0.2, 0.25) is 0 Å². The van der Waals surface area contributed by atoms with Gasteiger partial charge in [0.25, 0.3) is 0 Å². The van der Waals surface area contributed by atoms with Crippen molar-refractivity contribution in [3.63, 3.8) is 0 Å². The molecule has 25 heavy (non-hydrogen) atoms. The van der Waals surface area contributed by atoms with Gasteiger partial charge in [0.1, 0.15) is 12.0 Å². The number of anilines is 1. The van der Waals surface area contributed by atoms with Crippen molar-refractivity contribution in [3.05, 3.63) is 24.3 Å². The Bertz CT molecular complexity index is 554. The van der Waals surface area contributed by atoms with Crippen LogP contribution in [0.25, 0.3) is 0 Å². The summed E-state index contributed by atoms with van der Waals surface area (Å²) in [5, 5.41) is 15.9. The summed E-state index contributed by atoms with van der Waals surface area (Å²) in [4.78, 5) is 14.4. The van der Waals surface area contributed by atoms with Crippen molar-refractivity contribution >= 4 is 11.7 Å². The second kappa shape index (κ2) is 9.57. The number of nitrogens with zero attached hydrogens (tertiary/aromatic N) is 1. The lowest BCUT2D eigenvalue weighted by Gasteiger charge is -2.37. The molecule has 0 aromatic heterocycles. The van der Waals surface area contributed by atoms with Crippen LogP contribution in [-0.4, -0.2) is 63.7 Å². The van der Waals surface area contributed by atoms with Gasteiger partial charge < -0.3 is 25.6 Å². The maximum atomic E-state index is 12.2. The number of hydrogen-bond acceptors (Lipinski definition) is 6. The van der Waals surface area contributed by atoms with Crippen LogP contribution in [0.1, 0.15) is 13.3 Å². The van der Waals surface area contributed by atoms with Crippen molar-refractivity contribution in [1.82, 2.24) is 26.2 Å². The first kappa shape index (κ1) is 19.5. The summed E-state index contributed by atoms with van der Waals surface area (Å²) >= 11 is 0. The minimum absolute atomic E-state index is 0.151. The van der Waals surface area contributed by atoms with Gasteiger partial charge in [-0.1, -0.05) is 6.07 Å². The number of nitrogens with one attached hydrogen (secondary N) is 5. The summed E-state index contributed by atoms with van der Waals surface area (Å²) < 4.78 is 5.16. The van der Waals surface area contributed by atoms with Crippen LogP contribution in [0, 0.1) is 0 Å². The molecule has 1 aromatic rings. The lowest BCUT2D eigenvalue weighted by atomic mass is 10.1. The minimum atomic E-state index is -0.300. The van der Waals surface area contributed by atoms with E-state index in [1.807, 2.05) is 32.3 Å². The molecule has 3 atom stereocenters. The highest BCUT2D eigenvalue weighted by Gasteiger charge is 2.25. The maximum Gasteiger partial charge on any atom is 0.321 e. The van der Waals surface area contributed by atoms with Gasteiger partial charge in [-0.05, 0) is 39.6 Å². The molecule has 140 valence electrons. The zero-order chi connectivity index (χ0) is 18.2. The summed E-state index contributed by atoms with van der Waals surface area (Å²) in [6, 6.07) is 7.27. The molecular formula is C17H30N6O2. The Balaban J connectivity index is 1.82. The molecule has 0 bridgehead atoms. The molecule has 1 fully saturated rings. The fourth-order valence-corrected chi connectivity index (χ4v) is 2.71. The smallest absolute Gasteiger partial charge is 0.321 e. The first-order valence-electron chi connectivity index (χ1n) is 8.58. The number of carbonyl (C=O) groups is 1. The van der Waals surface area contributed by atoms with Gasteiger partial charge in [-0.3, -0.25) is 10.6 Å². The highest BCUT2D eigenvalue weighted by molar-refractivity contribution is 5.89. The molecule has 5 N–H and O–H groups in total. The lowest BCUT2D eigenvalue weighted by molar-refractivity contribution is 0.191. The van der Waals surface area contributed by atoms with Crippen LogP contribution >= 0.6 is 0 Å². The highest BCUT2D eigenvalue weighted by atomic mass is 16.5. The van der Waals surface area contributed by atoms with E-state index in [9.17, 15) is 4.79 Å². The molecule has 1 heterocycles. The second-order valence-corrected chi connectivity index (χ2v) is 6.54. The topological polar surface area (TPSA) is 89.7 Å². The first-order chi connectivity index (χ1) is 12.0. The molecule has 3 unspecified atom stereocenters. The minimum Gasteiger partial charge on any atom is -0.497 e. The van der Waals surface area contributed by atoms with Crippen LogP contribution in [0.4, 0.5) is 10.5 Å². The Labute approximate surface area is 149 Å². The van der Waals surface area contributed by atoms with Crippen molar-refractivity contribution in [1.29, 1.82) is 0 Å². The SMILES string of the molecule is COc1cccc(NC(=O)NC2NC(C)CC(NCCN(C)C)N2)c1. The Morgan fingerprint density at radius 2 is 2.16 bits per heavy atom. The predicted octanol–water partition coefficient (Wildman–Crippen LogP) is 0.549. The van der Waals surface area contributed by atoms with Crippen LogP contribution in [-0.2, 0) is 0 Å². The summed E-state index contributed by atoms with van der Waals surface area (Å²) in [5.41, 5.74) is 0.682. The second-order valence-electron chi connectivity index (χ2n) is 6.54. The van der Waals surface area contributed by atoms with E-state index in [4.69, 9.17) is 4.74 Å². The van der Waals surface area contributed by atoms with E-state index in [2.05, 4.69) is 38.4 Å². The number of ether oxygens (including phenoxy) is 1. The molecule has 8 heteroatoms. The molecule has 1 aromatic carbocycles. The van der Waals surface area contributed by atoms with E-state index in [-0.39, 0.29) is 18.5 Å². The third-order valence-electron chi connectivity index (χ3n) is 3.96. The van der Waals surface area contributed by atoms with Crippen LogP contribution < -0.4 is 31.3 Å². The van der Waals surface area contributed by atoms with E-state index in [1.165, 1.54) is 0 Å². The fraction of sp³-hybridized carbons (Fsp3) is 0.588. The van der Waals surface area contributed by atoms with E-state index >= 15 is 0 Å². The van der Waals surface area contributed by atoms with Crippen molar-refractivity contribution < 1.29 is 9.53 Å². The van der Waals surface area contributed by atoms with Crippen LogP contribution in [0.3, 0.4) is 0 Å². The van der Waals surface area contributed by atoms with Gasteiger partial charge in [0.2, 0.25) is 0 Å². The van der Waals surface area contributed by atoms with Gasteiger partial charge in [0.15, 0.2) is 0 Å². The summed E-state index contributed by atoms with van der Waals surface area (Å²) in [6.45, 7) is 3.96. The van der Waals surface area contributed by atoms with Gasteiger partial charge >= 0.3 is 6.03 Å². The molecule has 0 saturated carbocycles. The fourth-order valence-electron chi connectivity index (χ4n) is 2.71. The number of methoxy groups -OCH3 is 1. The van der Waals surface area contributed by atoms with E-state index < -0.39 is 0 Å². The van der Waals surface area contributed by atoms with E-state index in [1.54, 1.807) is 13.2 Å². The van der Waals surface area contributed by atoms with Crippen LogP contribution in [0.15, 0.2) is 24.3 Å². The normalized spacial score (nSPS) is 23.3. The van der Waals surface area contributed by atoms with E-state index in [0.717, 1.165) is 19.5 Å². The summed E-state index contributed by atoms with van der Waals surface area (Å²) in [5.74, 6) is 0.700. The third kappa shape index (κ3) is 6.87. The Morgan fingerprint density at radius 3 is 2.88 bits per heavy atom. The van der Waals surface area contributed by atoms with Crippen molar-refractivity contribution in [3.8, 4) is 5.75 Å². The monoisotopic (exact) mass is 350 g/mol. The summed E-state index contributed by atoms with van der Waals surface area (Å²) in [6.07, 6.45) is 0.799. The molecule has 1 saturated heterocycles. The molecule has 2 amide bonds. The number of amides is 2. The van der Waals surface area contributed by atoms with Crippen molar-refractivity contribution in [2.45, 2.75) is 31.8 Å². The lowest BCUT2D eigenvalue weighted by Crippen LogP contribution is -2.68. The highest BCUT2D eigenvalue weighted by Crippen LogP contribution is 2.16. The first-order valence-corrected chi connectivity index (χ1v) is 8.58. The standard InChI is InChI=1S/C17H30N6O2/c1-12-10-15(18-8-9-23(2)3)21-16(19-12)22-17(24)20-13-6-5-7-14(11-13)25-4/h5-7,11-12,15-16,18-19,21H,8-10H2,1-4H3,(H2,20,22,24). The predicted molar refractivity (Wildman–Crippen MR) is 99.6 cm³/mol. The van der Waals surface area contributed by atoms with Gasteiger partial charge in [-0.15, -0.1) is 0 Å². The van der Waals surface area contributed by atoms with Gasteiger partial charge in [0, 0.05) is 30.9 Å². The largest absolute Gasteiger partial charge is 0.497 e. The van der Waals surface area contributed by atoms with Crippen molar-refractivity contribution in [2.24, 2.45) is 0 Å². The Kier molecular flexibility index (Phi) is 7.45. The number of likely N-dealkylation sites (N-methyl/N-ethyl adjacent to an activating group) is 1. The number of urea groups is 1.